The molecule has 0 aliphatic carbocycles. The van der Waals surface area contributed by atoms with Crippen LogP contribution in [0.5, 0.6) is 11.5 Å². The Bertz CT molecular complexity index is 1860. The van der Waals surface area contributed by atoms with E-state index in [2.05, 4.69) is 18.9 Å². The highest BCUT2D eigenvalue weighted by Gasteiger charge is 2.18. The van der Waals surface area contributed by atoms with Crippen molar-refractivity contribution in [3.8, 4) is 22.9 Å². The lowest BCUT2D eigenvalue weighted by atomic mass is 9.96. The number of para-hydroxylation sites is 1. The zero-order valence-electron chi connectivity index (χ0n) is 24.1. The fraction of sp³-hybridized carbons (Fsp3) is 0.206. The number of aryl methyl sites for hydroxylation is 2. The summed E-state index contributed by atoms with van der Waals surface area (Å²) in [4.78, 5) is 18.6. The molecule has 5 rings (SSSR count). The highest BCUT2D eigenvalue weighted by atomic mass is 35.5. The number of benzene rings is 4. The first-order valence-corrected chi connectivity index (χ1v) is 14.3. The van der Waals surface area contributed by atoms with Crippen molar-refractivity contribution in [1.82, 2.24) is 9.66 Å². The van der Waals surface area contributed by atoms with E-state index in [1.807, 2.05) is 68.4 Å². The summed E-state index contributed by atoms with van der Waals surface area (Å²) in [5.41, 5.74) is 5.76. The van der Waals surface area contributed by atoms with Crippen LogP contribution in [0, 0.1) is 13.8 Å². The third-order valence-electron chi connectivity index (χ3n) is 7.00. The second-order valence-electron chi connectivity index (χ2n) is 10.5. The first-order valence-electron chi connectivity index (χ1n) is 13.6. The molecule has 0 N–H and O–H groups in total. The number of fused-ring (bicyclic) bond motifs is 1. The lowest BCUT2D eigenvalue weighted by molar-refractivity contribution is 0.306. The van der Waals surface area contributed by atoms with Crippen LogP contribution < -0.4 is 15.0 Å². The van der Waals surface area contributed by atoms with Gasteiger partial charge in [0.25, 0.3) is 5.56 Å². The number of nitrogens with zero attached hydrogens (tertiary/aromatic N) is 3. The third kappa shape index (κ3) is 6.06. The zero-order chi connectivity index (χ0) is 30.0. The van der Waals surface area contributed by atoms with Crippen molar-refractivity contribution in [2.75, 3.05) is 7.11 Å². The van der Waals surface area contributed by atoms with Crippen molar-refractivity contribution in [1.29, 1.82) is 0 Å². The monoisotopic (exact) mass is 599 g/mol. The Morgan fingerprint density at radius 1 is 0.976 bits per heavy atom. The van der Waals surface area contributed by atoms with Gasteiger partial charge in [-0.2, -0.15) is 9.78 Å². The molecule has 5 aromatic rings. The van der Waals surface area contributed by atoms with Crippen LogP contribution in [0.15, 0.2) is 82.7 Å². The molecule has 1 heterocycles. The fourth-order valence-electron chi connectivity index (χ4n) is 4.85. The Hall–Kier alpha value is -4.13. The van der Waals surface area contributed by atoms with Gasteiger partial charge in [0, 0.05) is 5.56 Å². The smallest absolute Gasteiger partial charge is 0.282 e. The summed E-state index contributed by atoms with van der Waals surface area (Å²) in [5.74, 6) is 1.79. The molecule has 214 valence electrons. The minimum absolute atomic E-state index is 0.194. The van der Waals surface area contributed by atoms with Gasteiger partial charge in [0.2, 0.25) is 0 Å². The molecule has 0 radical (unpaired) electrons. The molecule has 0 atom stereocenters. The van der Waals surface area contributed by atoms with E-state index < -0.39 is 0 Å². The topological polar surface area (TPSA) is 65.7 Å². The van der Waals surface area contributed by atoms with Crippen molar-refractivity contribution < 1.29 is 9.47 Å². The Kier molecular flexibility index (Phi) is 8.66. The number of hydrogen-bond acceptors (Lipinski definition) is 5. The number of halogens is 2. The maximum Gasteiger partial charge on any atom is 0.282 e. The Morgan fingerprint density at radius 3 is 2.40 bits per heavy atom. The lowest BCUT2D eigenvalue weighted by Gasteiger charge is -2.17. The molecule has 0 spiro atoms. The maximum atomic E-state index is 13.7. The van der Waals surface area contributed by atoms with Gasteiger partial charge in [-0.25, -0.2) is 4.98 Å². The number of rotatable bonds is 8. The molecule has 0 aliphatic rings. The summed E-state index contributed by atoms with van der Waals surface area (Å²) < 4.78 is 12.9. The second kappa shape index (κ2) is 12.4. The number of methoxy groups -OCH3 is 1. The SMILES string of the molecule is COc1cc(C)c(-c2nc3ccccc3c(=O)n2N=Cc2cc(Cl)c(OCc3cccc(C)c3)c(Cl)c2)cc1C(C)C. The van der Waals surface area contributed by atoms with Gasteiger partial charge in [0.15, 0.2) is 11.6 Å². The van der Waals surface area contributed by atoms with E-state index in [0.717, 1.165) is 33.6 Å². The first kappa shape index (κ1) is 29.4. The van der Waals surface area contributed by atoms with Gasteiger partial charge in [0.05, 0.1) is 34.3 Å². The molecule has 6 nitrogen and oxygen atoms in total. The molecule has 0 unspecified atom stereocenters. The van der Waals surface area contributed by atoms with Gasteiger partial charge in [-0.05, 0) is 78.4 Å². The average molecular weight is 601 g/mol. The Balaban J connectivity index is 1.57. The number of ether oxygens (including phenoxy) is 2. The molecule has 0 saturated heterocycles. The van der Waals surface area contributed by atoms with E-state index in [0.29, 0.717) is 44.7 Å². The van der Waals surface area contributed by atoms with Crippen LogP contribution in [0.2, 0.25) is 10.0 Å². The largest absolute Gasteiger partial charge is 0.496 e. The van der Waals surface area contributed by atoms with Gasteiger partial charge in [0.1, 0.15) is 12.4 Å². The van der Waals surface area contributed by atoms with Crippen molar-refractivity contribution in [2.45, 2.75) is 40.2 Å². The van der Waals surface area contributed by atoms with E-state index in [4.69, 9.17) is 37.7 Å². The summed E-state index contributed by atoms with van der Waals surface area (Å²) in [7, 11) is 1.66. The zero-order valence-corrected chi connectivity index (χ0v) is 25.6. The summed E-state index contributed by atoms with van der Waals surface area (Å²) >= 11 is 13.2. The van der Waals surface area contributed by atoms with Crippen LogP contribution in [0.3, 0.4) is 0 Å². The maximum absolute atomic E-state index is 13.7. The van der Waals surface area contributed by atoms with Crippen molar-refractivity contribution in [3.63, 3.8) is 0 Å². The minimum atomic E-state index is -0.288. The molecule has 0 bridgehead atoms. The second-order valence-corrected chi connectivity index (χ2v) is 11.3. The summed E-state index contributed by atoms with van der Waals surface area (Å²) in [6.45, 7) is 8.51. The summed E-state index contributed by atoms with van der Waals surface area (Å²) in [6, 6.07) is 22.7. The number of hydrogen-bond donors (Lipinski definition) is 0. The molecular formula is C34H31Cl2N3O3. The number of aromatic nitrogens is 2. The molecule has 1 aromatic heterocycles. The quantitative estimate of drug-likeness (QED) is 0.167. The third-order valence-corrected chi connectivity index (χ3v) is 7.56. The van der Waals surface area contributed by atoms with Gasteiger partial charge in [-0.1, -0.05) is 79.0 Å². The predicted molar refractivity (Wildman–Crippen MR) is 172 cm³/mol. The normalized spacial score (nSPS) is 11.5. The van der Waals surface area contributed by atoms with Crippen molar-refractivity contribution >= 4 is 40.3 Å². The van der Waals surface area contributed by atoms with E-state index in [9.17, 15) is 4.79 Å². The fourth-order valence-corrected chi connectivity index (χ4v) is 5.46. The van der Waals surface area contributed by atoms with Crippen LogP contribution in [0.4, 0.5) is 0 Å². The molecule has 8 heteroatoms. The Morgan fingerprint density at radius 2 is 1.71 bits per heavy atom. The highest BCUT2D eigenvalue weighted by Crippen LogP contribution is 2.36. The van der Waals surface area contributed by atoms with E-state index in [1.165, 1.54) is 4.68 Å². The molecule has 0 saturated carbocycles. The van der Waals surface area contributed by atoms with E-state index >= 15 is 0 Å². The van der Waals surface area contributed by atoms with Gasteiger partial charge in [-0.15, -0.1) is 0 Å². The van der Waals surface area contributed by atoms with Crippen LogP contribution in [-0.4, -0.2) is 23.0 Å². The van der Waals surface area contributed by atoms with Crippen molar-refractivity contribution in [2.24, 2.45) is 5.10 Å². The van der Waals surface area contributed by atoms with Crippen molar-refractivity contribution in [3.05, 3.63) is 121 Å². The minimum Gasteiger partial charge on any atom is -0.496 e. The van der Waals surface area contributed by atoms with Gasteiger partial charge >= 0.3 is 0 Å². The molecule has 0 aliphatic heterocycles. The first-order chi connectivity index (χ1) is 20.2. The van der Waals surface area contributed by atoms with Crippen LogP contribution in [0.25, 0.3) is 22.3 Å². The standard InChI is InChI=1S/C34H31Cl2N3O3/c1-20(2)26-17-27(22(4)14-31(26)41-5)33-38-30-12-7-6-11-25(30)34(40)39(33)37-18-24-15-28(35)32(29(36)16-24)42-19-23-10-8-9-21(3)13-23/h6-18,20H,19H2,1-5H3. The molecule has 4 aromatic carbocycles. The van der Waals surface area contributed by atoms with E-state index in [1.54, 1.807) is 31.5 Å². The van der Waals surface area contributed by atoms with Crippen LogP contribution >= 0.6 is 23.2 Å². The lowest BCUT2D eigenvalue weighted by Crippen LogP contribution is -2.20. The molecule has 0 amide bonds. The highest BCUT2D eigenvalue weighted by molar-refractivity contribution is 6.37. The molecular weight excluding hydrogens is 569 g/mol. The van der Waals surface area contributed by atoms with Crippen LogP contribution in [-0.2, 0) is 6.61 Å². The van der Waals surface area contributed by atoms with Crippen LogP contribution in [0.1, 0.15) is 47.6 Å². The predicted octanol–water partition coefficient (Wildman–Crippen LogP) is 8.58. The summed E-state index contributed by atoms with van der Waals surface area (Å²) in [5, 5.41) is 5.75. The van der Waals surface area contributed by atoms with Gasteiger partial charge < -0.3 is 9.47 Å². The molecule has 0 fully saturated rings. The molecule has 42 heavy (non-hydrogen) atoms. The average Bonchev–Trinajstić information content (AvgIpc) is 2.96. The Labute approximate surface area is 255 Å². The van der Waals surface area contributed by atoms with Gasteiger partial charge in [-0.3, -0.25) is 4.79 Å². The van der Waals surface area contributed by atoms with E-state index in [-0.39, 0.29) is 11.5 Å². The summed E-state index contributed by atoms with van der Waals surface area (Å²) in [6.07, 6.45) is 1.55.